The van der Waals surface area contributed by atoms with Crippen molar-refractivity contribution in [3.8, 4) is 0 Å². The second-order valence-corrected chi connectivity index (χ2v) is 2.81. The van der Waals surface area contributed by atoms with Crippen LogP contribution in [0, 0.1) is 0 Å². The molecule has 0 aromatic rings. The molecule has 0 spiro atoms. The normalized spacial score (nSPS) is 10.7. The molecule has 9 heavy (non-hydrogen) atoms. The van der Waals surface area contributed by atoms with Gasteiger partial charge in [-0.25, -0.2) is 0 Å². The zero-order chi connectivity index (χ0) is 7.11. The number of hydrogen-bond acceptors (Lipinski definition) is 2. The Hall–Kier alpha value is 0.650. The van der Waals surface area contributed by atoms with Crippen molar-refractivity contribution in [2.45, 2.75) is 19.1 Å². The topological polar surface area (TPSA) is 18.5 Å². The van der Waals surface area contributed by atoms with Crippen LogP contribution in [0.4, 0.5) is 0 Å². The second kappa shape index (κ2) is 6.77. The minimum Gasteiger partial charge on any atom is -0.356 e. The summed E-state index contributed by atoms with van der Waals surface area (Å²) >= 11 is 2.34. The van der Waals surface area contributed by atoms with Gasteiger partial charge < -0.3 is 9.47 Å². The quantitative estimate of drug-likeness (QED) is 0.417. The number of methoxy groups -OCH3 is 2. The van der Waals surface area contributed by atoms with E-state index in [9.17, 15) is 0 Å². The van der Waals surface area contributed by atoms with Crippen LogP contribution in [0.25, 0.3) is 0 Å². The molecule has 0 radical (unpaired) electrons. The lowest BCUT2D eigenvalue weighted by atomic mass is 10.3. The van der Waals surface area contributed by atoms with E-state index in [0.717, 1.165) is 12.8 Å². The summed E-state index contributed by atoms with van der Waals surface area (Å²) in [7, 11) is 3.34. The fourth-order valence-electron chi connectivity index (χ4n) is 0.576. The molecule has 0 unspecified atom stereocenters. The maximum atomic E-state index is 4.98. The van der Waals surface area contributed by atoms with Crippen molar-refractivity contribution in [2.24, 2.45) is 0 Å². The zero-order valence-corrected chi connectivity index (χ0v) is 8.05. The van der Waals surface area contributed by atoms with Crippen molar-refractivity contribution in [3.63, 3.8) is 0 Å². The zero-order valence-electron chi connectivity index (χ0n) is 5.89. The summed E-state index contributed by atoms with van der Waals surface area (Å²) in [5.74, 6) is 0. The van der Waals surface area contributed by atoms with Crippen LogP contribution in [0.15, 0.2) is 0 Å². The van der Waals surface area contributed by atoms with Gasteiger partial charge >= 0.3 is 0 Å². The molecule has 0 saturated carbocycles. The van der Waals surface area contributed by atoms with Crippen molar-refractivity contribution >= 4 is 22.6 Å². The maximum Gasteiger partial charge on any atom is 0.156 e. The Labute approximate surface area is 70.1 Å². The Morgan fingerprint density at radius 1 is 1.33 bits per heavy atom. The highest BCUT2D eigenvalue weighted by Gasteiger charge is 2.01. The predicted octanol–water partition coefficient (Wildman–Crippen LogP) is 1.82. The largest absolute Gasteiger partial charge is 0.356 e. The van der Waals surface area contributed by atoms with E-state index < -0.39 is 0 Å². The monoisotopic (exact) mass is 244 g/mol. The van der Waals surface area contributed by atoms with Crippen LogP contribution in [-0.4, -0.2) is 24.9 Å². The molecule has 3 heteroatoms. The summed E-state index contributed by atoms with van der Waals surface area (Å²) < 4.78 is 11.1. The molecule has 0 atom stereocenters. The summed E-state index contributed by atoms with van der Waals surface area (Å²) in [5.41, 5.74) is 0. The fraction of sp³-hybridized carbons (Fsp3) is 1.00. The first kappa shape index (κ1) is 9.65. The molecule has 0 amide bonds. The van der Waals surface area contributed by atoms with Crippen LogP contribution < -0.4 is 0 Å². The molecule has 2 nitrogen and oxygen atoms in total. The first-order valence-electron chi connectivity index (χ1n) is 2.96. The molecule has 0 rings (SSSR count). The smallest absolute Gasteiger partial charge is 0.156 e. The van der Waals surface area contributed by atoms with Gasteiger partial charge in [-0.2, -0.15) is 0 Å². The van der Waals surface area contributed by atoms with Gasteiger partial charge in [0.15, 0.2) is 6.29 Å². The van der Waals surface area contributed by atoms with Crippen LogP contribution >= 0.6 is 22.6 Å². The SMILES string of the molecule is COC(CCCI)OC. The summed E-state index contributed by atoms with van der Waals surface area (Å²) in [5, 5.41) is 0. The van der Waals surface area contributed by atoms with Gasteiger partial charge in [-0.05, 0) is 17.3 Å². The van der Waals surface area contributed by atoms with E-state index >= 15 is 0 Å². The van der Waals surface area contributed by atoms with Crippen molar-refractivity contribution in [3.05, 3.63) is 0 Å². The lowest BCUT2D eigenvalue weighted by molar-refractivity contribution is -0.106. The van der Waals surface area contributed by atoms with Gasteiger partial charge in [-0.1, -0.05) is 22.6 Å². The first-order valence-corrected chi connectivity index (χ1v) is 4.49. The number of rotatable bonds is 5. The van der Waals surface area contributed by atoms with Gasteiger partial charge in [0.2, 0.25) is 0 Å². The van der Waals surface area contributed by atoms with E-state index in [4.69, 9.17) is 9.47 Å². The third-order valence-electron chi connectivity index (χ3n) is 1.10. The molecule has 0 heterocycles. The van der Waals surface area contributed by atoms with Gasteiger partial charge in [0.05, 0.1) is 0 Å². The van der Waals surface area contributed by atoms with Gasteiger partial charge in [0, 0.05) is 14.2 Å². The molecular formula is C6H13IO2. The Morgan fingerprint density at radius 2 is 1.89 bits per heavy atom. The van der Waals surface area contributed by atoms with Crippen molar-refractivity contribution in [1.82, 2.24) is 0 Å². The highest BCUT2D eigenvalue weighted by atomic mass is 127. The van der Waals surface area contributed by atoms with E-state index in [-0.39, 0.29) is 6.29 Å². The standard InChI is InChI=1S/C6H13IO2/c1-8-6(9-2)4-3-5-7/h6H,3-5H2,1-2H3. The van der Waals surface area contributed by atoms with E-state index in [1.54, 1.807) is 14.2 Å². The van der Waals surface area contributed by atoms with Gasteiger partial charge in [0.25, 0.3) is 0 Å². The molecule has 0 fully saturated rings. The molecule has 56 valence electrons. The molecule has 0 aliphatic carbocycles. The van der Waals surface area contributed by atoms with Crippen LogP contribution in [0.3, 0.4) is 0 Å². The average molecular weight is 244 g/mol. The van der Waals surface area contributed by atoms with E-state index in [1.165, 1.54) is 4.43 Å². The summed E-state index contributed by atoms with van der Waals surface area (Å²) in [6, 6.07) is 0. The summed E-state index contributed by atoms with van der Waals surface area (Å²) in [4.78, 5) is 0. The molecule has 0 aromatic carbocycles. The number of alkyl halides is 1. The molecule has 0 aromatic heterocycles. The average Bonchev–Trinajstić information content (AvgIpc) is 1.91. The van der Waals surface area contributed by atoms with Crippen LogP contribution in [0.2, 0.25) is 0 Å². The lowest BCUT2D eigenvalue weighted by Gasteiger charge is -2.11. The molecule has 0 N–H and O–H groups in total. The Morgan fingerprint density at radius 3 is 2.22 bits per heavy atom. The van der Waals surface area contributed by atoms with E-state index in [0.29, 0.717) is 0 Å². The predicted molar refractivity (Wildman–Crippen MR) is 45.9 cm³/mol. The molecule has 0 aliphatic heterocycles. The molecule has 0 aliphatic rings. The molecule has 0 saturated heterocycles. The first-order chi connectivity index (χ1) is 4.35. The van der Waals surface area contributed by atoms with E-state index in [2.05, 4.69) is 22.6 Å². The Balaban J connectivity index is 3.09. The second-order valence-electron chi connectivity index (χ2n) is 1.73. The van der Waals surface area contributed by atoms with Crippen LogP contribution in [-0.2, 0) is 9.47 Å². The minimum absolute atomic E-state index is 0.000217. The van der Waals surface area contributed by atoms with Gasteiger partial charge in [-0.3, -0.25) is 0 Å². The van der Waals surface area contributed by atoms with Gasteiger partial charge in [-0.15, -0.1) is 0 Å². The molecular weight excluding hydrogens is 231 g/mol. The number of hydrogen-bond donors (Lipinski definition) is 0. The third-order valence-corrected chi connectivity index (χ3v) is 1.86. The fourth-order valence-corrected chi connectivity index (χ4v) is 1.02. The number of halogens is 1. The highest BCUT2D eigenvalue weighted by Crippen LogP contribution is 2.03. The van der Waals surface area contributed by atoms with Crippen LogP contribution in [0.5, 0.6) is 0 Å². The van der Waals surface area contributed by atoms with Gasteiger partial charge in [0.1, 0.15) is 0 Å². The summed E-state index contributed by atoms with van der Waals surface area (Å²) in [6.07, 6.45) is 2.16. The maximum absolute atomic E-state index is 4.98. The molecule has 0 bridgehead atoms. The van der Waals surface area contributed by atoms with Crippen molar-refractivity contribution in [2.75, 3.05) is 18.6 Å². The van der Waals surface area contributed by atoms with Crippen molar-refractivity contribution in [1.29, 1.82) is 0 Å². The lowest BCUT2D eigenvalue weighted by Crippen LogP contribution is -2.12. The third kappa shape index (κ3) is 5.11. The van der Waals surface area contributed by atoms with E-state index in [1.807, 2.05) is 0 Å². The van der Waals surface area contributed by atoms with Crippen LogP contribution in [0.1, 0.15) is 12.8 Å². The highest BCUT2D eigenvalue weighted by molar-refractivity contribution is 14.1. The Bertz CT molecular complexity index is 55.0. The minimum atomic E-state index is -0.000217. The Kier molecular flexibility index (Phi) is 7.25. The number of ether oxygens (including phenoxy) is 2. The van der Waals surface area contributed by atoms with Crippen molar-refractivity contribution < 1.29 is 9.47 Å². The summed E-state index contributed by atoms with van der Waals surface area (Å²) in [6.45, 7) is 0.